The maximum atomic E-state index is 13.3. The minimum Gasteiger partial charge on any atom is -0.324 e. The van der Waals surface area contributed by atoms with Gasteiger partial charge in [0.2, 0.25) is 5.91 Å². The van der Waals surface area contributed by atoms with Crippen LogP contribution in [-0.2, 0) is 14.8 Å². The second-order valence-corrected chi connectivity index (χ2v) is 7.48. The summed E-state index contributed by atoms with van der Waals surface area (Å²) in [5, 5.41) is 6.73. The largest absolute Gasteiger partial charge is 0.324 e. The standard InChI is InChI=1S/C18H17FN4O3S/c1-13(23-10-4-9-20-23)18(24)21-15-6-3-7-16(12-15)22-27(25,26)17-8-2-5-14(19)11-17/h2-13,22H,1H3,(H,21,24)/t13-/m0/s1. The lowest BCUT2D eigenvalue weighted by Gasteiger charge is -2.14. The average Bonchev–Trinajstić information content (AvgIpc) is 3.15. The van der Waals surface area contributed by atoms with Crippen LogP contribution in [0.15, 0.2) is 71.9 Å². The van der Waals surface area contributed by atoms with Crippen LogP contribution in [0.25, 0.3) is 0 Å². The van der Waals surface area contributed by atoms with Crippen molar-refractivity contribution >= 4 is 27.3 Å². The quantitative estimate of drug-likeness (QED) is 0.679. The van der Waals surface area contributed by atoms with Crippen LogP contribution < -0.4 is 10.0 Å². The molecule has 7 nitrogen and oxygen atoms in total. The first-order valence-corrected chi connectivity index (χ1v) is 9.52. The lowest BCUT2D eigenvalue weighted by atomic mass is 10.2. The van der Waals surface area contributed by atoms with Gasteiger partial charge < -0.3 is 5.32 Å². The van der Waals surface area contributed by atoms with Crippen LogP contribution in [0.1, 0.15) is 13.0 Å². The molecule has 9 heteroatoms. The summed E-state index contributed by atoms with van der Waals surface area (Å²) in [6, 6.07) is 12.1. The van der Waals surface area contributed by atoms with Crippen molar-refractivity contribution in [2.45, 2.75) is 17.9 Å². The highest BCUT2D eigenvalue weighted by Crippen LogP contribution is 2.21. The summed E-state index contributed by atoms with van der Waals surface area (Å²) in [6.45, 7) is 1.69. The van der Waals surface area contributed by atoms with Gasteiger partial charge >= 0.3 is 0 Å². The molecule has 2 N–H and O–H groups in total. The third kappa shape index (κ3) is 4.50. The summed E-state index contributed by atoms with van der Waals surface area (Å²) >= 11 is 0. The van der Waals surface area contributed by atoms with Crippen molar-refractivity contribution in [3.05, 3.63) is 72.8 Å². The average molecular weight is 388 g/mol. The molecule has 140 valence electrons. The second kappa shape index (κ2) is 7.58. The first kappa shape index (κ1) is 18.6. The lowest BCUT2D eigenvalue weighted by Crippen LogP contribution is -2.24. The summed E-state index contributed by atoms with van der Waals surface area (Å²) < 4.78 is 41.9. The molecule has 0 aliphatic carbocycles. The number of carbonyl (C=O) groups is 1. The van der Waals surface area contributed by atoms with Gasteiger partial charge in [0.25, 0.3) is 10.0 Å². The summed E-state index contributed by atoms with van der Waals surface area (Å²) in [6.07, 6.45) is 3.25. The molecule has 1 atom stereocenters. The molecule has 0 radical (unpaired) electrons. The van der Waals surface area contributed by atoms with Crippen molar-refractivity contribution in [3.8, 4) is 0 Å². The van der Waals surface area contributed by atoms with E-state index in [9.17, 15) is 17.6 Å². The Bertz CT molecular complexity index is 1050. The maximum Gasteiger partial charge on any atom is 0.261 e. The van der Waals surface area contributed by atoms with E-state index in [1.54, 1.807) is 37.5 Å². The Morgan fingerprint density at radius 2 is 1.85 bits per heavy atom. The van der Waals surface area contributed by atoms with Crippen LogP contribution in [0.3, 0.4) is 0 Å². The van der Waals surface area contributed by atoms with Crippen LogP contribution in [0.2, 0.25) is 0 Å². The number of sulfonamides is 1. The fourth-order valence-electron chi connectivity index (χ4n) is 2.39. The number of hydrogen-bond acceptors (Lipinski definition) is 4. The topological polar surface area (TPSA) is 93.1 Å². The monoisotopic (exact) mass is 388 g/mol. The van der Waals surface area contributed by atoms with E-state index in [0.717, 1.165) is 12.1 Å². The summed E-state index contributed by atoms with van der Waals surface area (Å²) in [4.78, 5) is 12.1. The molecule has 0 saturated heterocycles. The Labute approximate surface area is 155 Å². The first-order valence-electron chi connectivity index (χ1n) is 8.03. The van der Waals surface area contributed by atoms with Crippen LogP contribution in [-0.4, -0.2) is 24.1 Å². The van der Waals surface area contributed by atoms with Crippen molar-refractivity contribution in [2.75, 3.05) is 10.0 Å². The Hall–Kier alpha value is -3.20. The fraction of sp³-hybridized carbons (Fsp3) is 0.111. The third-order valence-electron chi connectivity index (χ3n) is 3.79. The minimum absolute atomic E-state index is 0.191. The van der Waals surface area contributed by atoms with Gasteiger partial charge in [-0.1, -0.05) is 12.1 Å². The van der Waals surface area contributed by atoms with E-state index < -0.39 is 21.9 Å². The molecule has 1 heterocycles. The van der Waals surface area contributed by atoms with Crippen molar-refractivity contribution in [2.24, 2.45) is 0 Å². The number of benzene rings is 2. The van der Waals surface area contributed by atoms with Gasteiger partial charge in [-0.25, -0.2) is 12.8 Å². The molecule has 0 bridgehead atoms. The van der Waals surface area contributed by atoms with Crippen LogP contribution >= 0.6 is 0 Å². The number of amides is 1. The fourth-order valence-corrected chi connectivity index (χ4v) is 3.47. The smallest absolute Gasteiger partial charge is 0.261 e. The maximum absolute atomic E-state index is 13.3. The highest BCUT2D eigenvalue weighted by molar-refractivity contribution is 7.92. The molecule has 2 aromatic carbocycles. The van der Waals surface area contributed by atoms with Crippen LogP contribution in [0, 0.1) is 5.82 Å². The van der Waals surface area contributed by atoms with Gasteiger partial charge in [-0.2, -0.15) is 5.10 Å². The third-order valence-corrected chi connectivity index (χ3v) is 5.17. The van der Waals surface area contributed by atoms with Crippen molar-refractivity contribution in [1.29, 1.82) is 0 Å². The van der Waals surface area contributed by atoms with Gasteiger partial charge in [0.1, 0.15) is 11.9 Å². The SMILES string of the molecule is C[C@@H](C(=O)Nc1cccc(NS(=O)(=O)c2cccc(F)c2)c1)n1cccn1. The highest BCUT2D eigenvalue weighted by atomic mass is 32.2. The number of rotatable bonds is 6. The number of halogens is 1. The highest BCUT2D eigenvalue weighted by Gasteiger charge is 2.17. The zero-order valence-electron chi connectivity index (χ0n) is 14.3. The molecule has 0 aliphatic rings. The molecule has 1 aromatic heterocycles. The lowest BCUT2D eigenvalue weighted by molar-refractivity contribution is -0.119. The molecular weight excluding hydrogens is 371 g/mol. The first-order chi connectivity index (χ1) is 12.8. The van der Waals surface area contributed by atoms with E-state index >= 15 is 0 Å². The minimum atomic E-state index is -3.95. The Balaban J connectivity index is 1.75. The molecule has 3 aromatic rings. The zero-order valence-corrected chi connectivity index (χ0v) is 15.2. The van der Waals surface area contributed by atoms with Gasteiger partial charge in [-0.05, 0) is 49.4 Å². The normalized spacial score (nSPS) is 12.4. The zero-order chi connectivity index (χ0) is 19.4. The summed E-state index contributed by atoms with van der Waals surface area (Å²) in [5.74, 6) is -0.949. The second-order valence-electron chi connectivity index (χ2n) is 5.79. The predicted octanol–water partition coefficient (Wildman–Crippen LogP) is 3.02. The number of anilines is 2. The molecule has 3 rings (SSSR count). The van der Waals surface area contributed by atoms with Crippen LogP contribution in [0.4, 0.5) is 15.8 Å². The van der Waals surface area contributed by atoms with Gasteiger partial charge in [-0.15, -0.1) is 0 Å². The van der Waals surface area contributed by atoms with E-state index in [1.807, 2.05) is 0 Å². The molecule has 0 spiro atoms. The van der Waals surface area contributed by atoms with E-state index in [2.05, 4.69) is 15.1 Å². The predicted molar refractivity (Wildman–Crippen MR) is 99.2 cm³/mol. The molecule has 0 aliphatic heterocycles. The Morgan fingerprint density at radius 1 is 1.11 bits per heavy atom. The molecule has 1 amide bonds. The number of carbonyl (C=O) groups excluding carboxylic acids is 1. The van der Waals surface area contributed by atoms with Gasteiger partial charge in [0.15, 0.2) is 0 Å². The molecular formula is C18H17FN4O3S. The number of aromatic nitrogens is 2. The summed E-state index contributed by atoms with van der Waals surface area (Å²) in [7, 11) is -3.95. The van der Waals surface area contributed by atoms with Crippen LogP contribution in [0.5, 0.6) is 0 Å². The number of hydrogen-bond donors (Lipinski definition) is 2. The number of nitrogens with zero attached hydrogens (tertiary/aromatic N) is 2. The van der Waals surface area contributed by atoms with Gasteiger partial charge in [0, 0.05) is 18.1 Å². The van der Waals surface area contributed by atoms with E-state index in [0.29, 0.717) is 5.69 Å². The van der Waals surface area contributed by atoms with Gasteiger partial charge in [0.05, 0.1) is 10.6 Å². The number of nitrogens with one attached hydrogen (secondary N) is 2. The Kier molecular flexibility index (Phi) is 5.22. The molecule has 0 unspecified atom stereocenters. The van der Waals surface area contributed by atoms with E-state index in [-0.39, 0.29) is 16.5 Å². The van der Waals surface area contributed by atoms with E-state index in [4.69, 9.17) is 0 Å². The molecule has 27 heavy (non-hydrogen) atoms. The molecule has 0 saturated carbocycles. The van der Waals surface area contributed by atoms with Crippen molar-refractivity contribution in [3.63, 3.8) is 0 Å². The van der Waals surface area contributed by atoms with Crippen molar-refractivity contribution in [1.82, 2.24) is 9.78 Å². The van der Waals surface area contributed by atoms with E-state index in [1.165, 1.54) is 28.9 Å². The van der Waals surface area contributed by atoms with Gasteiger partial charge in [-0.3, -0.25) is 14.2 Å². The Morgan fingerprint density at radius 3 is 2.56 bits per heavy atom. The summed E-state index contributed by atoms with van der Waals surface area (Å²) in [5.41, 5.74) is 0.655. The van der Waals surface area contributed by atoms with Crippen molar-refractivity contribution < 1.29 is 17.6 Å². The molecule has 0 fully saturated rings.